The van der Waals surface area contributed by atoms with E-state index in [1.807, 2.05) is 61.5 Å². The summed E-state index contributed by atoms with van der Waals surface area (Å²) < 4.78 is 5.13. The molecule has 0 fully saturated rings. The van der Waals surface area contributed by atoms with Crippen molar-refractivity contribution in [2.75, 3.05) is 18.6 Å². The average Bonchev–Trinajstić information content (AvgIpc) is 2.79. The number of hydrogen-bond acceptors (Lipinski definition) is 4. The molecule has 6 heteroatoms. The summed E-state index contributed by atoms with van der Waals surface area (Å²) in [5.74, 6) is 0.175. The minimum absolute atomic E-state index is 0.202. The van der Waals surface area contributed by atoms with Crippen LogP contribution in [0.25, 0.3) is 0 Å². The summed E-state index contributed by atoms with van der Waals surface area (Å²) in [7, 11) is 1.61. The molecule has 0 saturated heterocycles. The third-order valence-corrected chi connectivity index (χ3v) is 4.44. The minimum atomic E-state index is -0.335. The van der Waals surface area contributed by atoms with E-state index in [0.717, 1.165) is 17.0 Å². The normalized spacial score (nSPS) is 10.3. The lowest BCUT2D eigenvalue weighted by Crippen LogP contribution is -2.32. The second-order valence-corrected chi connectivity index (χ2v) is 6.32. The first-order chi connectivity index (χ1) is 14.1. The molecule has 6 nitrogen and oxygen atoms in total. The summed E-state index contributed by atoms with van der Waals surface area (Å²) in [6.45, 7) is 2.75. The molecule has 2 aromatic carbocycles. The van der Waals surface area contributed by atoms with E-state index in [2.05, 4.69) is 10.3 Å². The van der Waals surface area contributed by atoms with Crippen molar-refractivity contribution in [2.45, 2.75) is 13.5 Å². The van der Waals surface area contributed by atoms with E-state index < -0.39 is 0 Å². The second-order valence-electron chi connectivity index (χ2n) is 6.32. The maximum absolute atomic E-state index is 12.9. The molecule has 0 aliphatic rings. The fraction of sp³-hybridized carbons (Fsp3) is 0.174. The smallest absolute Gasteiger partial charge is 0.276 e. The first-order valence-electron chi connectivity index (χ1n) is 9.37. The fourth-order valence-corrected chi connectivity index (χ4v) is 2.89. The Kier molecular flexibility index (Phi) is 6.58. The van der Waals surface area contributed by atoms with Crippen molar-refractivity contribution in [1.82, 2.24) is 10.3 Å². The van der Waals surface area contributed by atoms with E-state index in [9.17, 15) is 9.59 Å². The van der Waals surface area contributed by atoms with Crippen LogP contribution < -0.4 is 15.0 Å². The predicted octanol–water partition coefficient (Wildman–Crippen LogP) is 3.69. The van der Waals surface area contributed by atoms with Crippen molar-refractivity contribution in [2.24, 2.45) is 0 Å². The number of carbonyl (C=O) groups excluding carboxylic acids is 2. The highest BCUT2D eigenvalue weighted by Gasteiger charge is 2.18. The van der Waals surface area contributed by atoms with Gasteiger partial charge in [0.1, 0.15) is 17.1 Å². The Labute approximate surface area is 170 Å². The van der Waals surface area contributed by atoms with Crippen molar-refractivity contribution in [1.29, 1.82) is 0 Å². The number of aromatic nitrogens is 1. The van der Waals surface area contributed by atoms with Gasteiger partial charge in [0, 0.05) is 18.8 Å². The molecular weight excluding hydrogens is 366 g/mol. The summed E-state index contributed by atoms with van der Waals surface area (Å²) in [4.78, 5) is 31.3. The number of hydrogen-bond donors (Lipinski definition) is 1. The van der Waals surface area contributed by atoms with Crippen LogP contribution in [0.3, 0.4) is 0 Å². The number of amides is 2. The molecule has 0 radical (unpaired) electrons. The molecule has 0 saturated carbocycles. The Bertz CT molecular complexity index is 972. The number of methoxy groups -OCH3 is 1. The molecule has 148 valence electrons. The lowest BCUT2D eigenvalue weighted by molar-refractivity contribution is 0.0945. The van der Waals surface area contributed by atoms with Crippen LogP contribution in [0.1, 0.15) is 33.5 Å². The molecule has 0 unspecified atom stereocenters. The molecule has 0 bridgehead atoms. The van der Waals surface area contributed by atoms with E-state index >= 15 is 0 Å². The van der Waals surface area contributed by atoms with Gasteiger partial charge in [-0.2, -0.15) is 0 Å². The summed E-state index contributed by atoms with van der Waals surface area (Å²) in [6, 6.07) is 21.7. The van der Waals surface area contributed by atoms with Crippen LogP contribution in [0.5, 0.6) is 5.75 Å². The summed E-state index contributed by atoms with van der Waals surface area (Å²) in [5.41, 5.74) is 2.16. The zero-order valence-corrected chi connectivity index (χ0v) is 16.5. The third-order valence-electron chi connectivity index (χ3n) is 4.44. The monoisotopic (exact) mass is 389 g/mol. The number of nitrogens with one attached hydrogen (secondary N) is 1. The molecule has 0 spiro atoms. The first kappa shape index (κ1) is 20.1. The molecule has 29 heavy (non-hydrogen) atoms. The van der Waals surface area contributed by atoms with E-state index in [4.69, 9.17) is 4.74 Å². The molecule has 3 aromatic rings. The molecule has 2 amide bonds. The van der Waals surface area contributed by atoms with Crippen LogP contribution in [0.15, 0.2) is 72.8 Å². The summed E-state index contributed by atoms with van der Waals surface area (Å²) >= 11 is 0. The van der Waals surface area contributed by atoms with E-state index in [-0.39, 0.29) is 23.2 Å². The van der Waals surface area contributed by atoms with Crippen molar-refractivity contribution >= 4 is 17.5 Å². The molecule has 1 N–H and O–H groups in total. The van der Waals surface area contributed by atoms with Gasteiger partial charge < -0.3 is 15.0 Å². The van der Waals surface area contributed by atoms with Crippen LogP contribution in [0.4, 0.5) is 5.69 Å². The van der Waals surface area contributed by atoms with Crippen molar-refractivity contribution in [3.8, 4) is 5.75 Å². The lowest BCUT2D eigenvalue weighted by Gasteiger charge is -2.20. The molecule has 3 rings (SSSR count). The minimum Gasteiger partial charge on any atom is -0.497 e. The molecule has 0 atom stereocenters. The number of rotatable bonds is 7. The maximum Gasteiger partial charge on any atom is 0.276 e. The SMILES string of the molecule is CCN(C(=O)c1cccc(C(=O)NCc2ccc(OC)cc2)n1)c1ccccc1. The number of pyridine rings is 1. The van der Waals surface area contributed by atoms with Crippen LogP contribution >= 0.6 is 0 Å². The van der Waals surface area contributed by atoms with Crippen molar-refractivity contribution in [3.63, 3.8) is 0 Å². The predicted molar refractivity (Wildman–Crippen MR) is 112 cm³/mol. The van der Waals surface area contributed by atoms with Gasteiger partial charge in [-0.3, -0.25) is 9.59 Å². The highest BCUT2D eigenvalue weighted by atomic mass is 16.5. The summed E-state index contributed by atoms with van der Waals surface area (Å²) in [6.07, 6.45) is 0. The first-order valence-corrected chi connectivity index (χ1v) is 9.37. The van der Waals surface area contributed by atoms with Crippen LogP contribution in [-0.4, -0.2) is 30.5 Å². The highest BCUT2D eigenvalue weighted by Crippen LogP contribution is 2.16. The second kappa shape index (κ2) is 9.50. The Balaban J connectivity index is 1.70. The van der Waals surface area contributed by atoms with Gasteiger partial charge >= 0.3 is 0 Å². The van der Waals surface area contributed by atoms with Crippen molar-refractivity contribution in [3.05, 3.63) is 89.7 Å². The highest BCUT2D eigenvalue weighted by molar-refractivity contribution is 6.05. The van der Waals surface area contributed by atoms with Gasteiger partial charge in [0.2, 0.25) is 0 Å². The third kappa shape index (κ3) is 4.99. The number of ether oxygens (including phenoxy) is 1. The topological polar surface area (TPSA) is 71.5 Å². The van der Waals surface area contributed by atoms with E-state index in [1.165, 1.54) is 0 Å². The van der Waals surface area contributed by atoms with Gasteiger partial charge in [-0.15, -0.1) is 0 Å². The van der Waals surface area contributed by atoms with E-state index in [0.29, 0.717) is 13.1 Å². The Morgan fingerprint density at radius 1 is 0.931 bits per heavy atom. The number of nitrogens with zero attached hydrogens (tertiary/aromatic N) is 2. The van der Waals surface area contributed by atoms with Gasteiger partial charge in [-0.1, -0.05) is 36.4 Å². The van der Waals surface area contributed by atoms with E-state index in [1.54, 1.807) is 30.2 Å². The molecule has 0 aliphatic heterocycles. The summed E-state index contributed by atoms with van der Waals surface area (Å²) in [5, 5.41) is 2.83. The maximum atomic E-state index is 12.9. The van der Waals surface area contributed by atoms with Gasteiger partial charge in [0.25, 0.3) is 11.8 Å². The Morgan fingerprint density at radius 3 is 2.28 bits per heavy atom. The molecule has 0 aliphatic carbocycles. The van der Waals surface area contributed by atoms with Crippen LogP contribution in [0, 0.1) is 0 Å². The van der Waals surface area contributed by atoms with Crippen LogP contribution in [0.2, 0.25) is 0 Å². The largest absolute Gasteiger partial charge is 0.497 e. The molecule has 1 aromatic heterocycles. The number of carbonyl (C=O) groups is 2. The quantitative estimate of drug-likeness (QED) is 0.669. The Morgan fingerprint density at radius 2 is 1.62 bits per heavy atom. The zero-order chi connectivity index (χ0) is 20.6. The van der Waals surface area contributed by atoms with Gasteiger partial charge in [0.15, 0.2) is 0 Å². The van der Waals surface area contributed by atoms with Gasteiger partial charge in [-0.25, -0.2) is 4.98 Å². The average molecular weight is 389 g/mol. The van der Waals surface area contributed by atoms with Crippen molar-refractivity contribution < 1.29 is 14.3 Å². The molecular formula is C23H23N3O3. The number of para-hydroxylation sites is 1. The fourth-order valence-electron chi connectivity index (χ4n) is 2.89. The molecule has 1 heterocycles. The van der Waals surface area contributed by atoms with Crippen LogP contribution in [-0.2, 0) is 6.54 Å². The van der Waals surface area contributed by atoms with Gasteiger partial charge in [0.05, 0.1) is 7.11 Å². The standard InChI is InChI=1S/C23H23N3O3/c1-3-26(18-8-5-4-6-9-18)23(28)21-11-7-10-20(25-21)22(27)24-16-17-12-14-19(29-2)15-13-17/h4-15H,3,16H2,1-2H3,(H,24,27). The van der Waals surface area contributed by atoms with Gasteiger partial charge in [-0.05, 0) is 48.9 Å². The zero-order valence-electron chi connectivity index (χ0n) is 16.5. The number of benzene rings is 2. The Hall–Kier alpha value is -3.67. The lowest BCUT2D eigenvalue weighted by atomic mass is 10.2. The number of anilines is 1.